The standard InChI is InChI=1S/C32H35ClN4O4S/c1-18-14-24(30-29(34-18)26(17-42-30)32(39)40)23-15-21(33)7-10-28(23)41-13-12-37-20(3)35-27-9-8-22(16-25(27)31(37)38)36-11-5-4-6-19(36)2/h7,10,14-15,17,19,22H,4-6,8-9,11-13,16H2,1-3H3,(H,39,40)/t19-,22-/m1/s1. The summed E-state index contributed by atoms with van der Waals surface area (Å²) in [5, 5.41) is 11.8. The molecular formula is C32H35ClN4O4S. The number of hydrogen-bond acceptors (Lipinski definition) is 7. The molecule has 6 rings (SSSR count). The van der Waals surface area contributed by atoms with Gasteiger partial charge in [0.25, 0.3) is 5.56 Å². The van der Waals surface area contributed by atoms with Crippen molar-refractivity contribution in [3.8, 4) is 16.9 Å². The summed E-state index contributed by atoms with van der Waals surface area (Å²) in [5.74, 6) is 0.297. The number of carboxylic acids is 1. The summed E-state index contributed by atoms with van der Waals surface area (Å²) < 4.78 is 8.79. The predicted octanol–water partition coefficient (Wildman–Crippen LogP) is 6.30. The number of ether oxygens (including phenoxy) is 1. The van der Waals surface area contributed by atoms with E-state index in [1.165, 1.54) is 30.6 Å². The molecule has 4 aromatic rings. The molecule has 220 valence electrons. The van der Waals surface area contributed by atoms with E-state index in [0.717, 1.165) is 52.9 Å². The number of carbonyl (C=O) groups is 1. The van der Waals surface area contributed by atoms with Crippen LogP contribution >= 0.6 is 22.9 Å². The Morgan fingerprint density at radius 2 is 2.00 bits per heavy atom. The van der Waals surface area contributed by atoms with Crippen molar-refractivity contribution in [3.63, 3.8) is 0 Å². The molecule has 1 saturated heterocycles. The molecule has 2 aliphatic rings. The van der Waals surface area contributed by atoms with Crippen LogP contribution in [0.25, 0.3) is 21.3 Å². The Bertz CT molecular complexity index is 1730. The van der Waals surface area contributed by atoms with E-state index in [0.29, 0.717) is 46.4 Å². The summed E-state index contributed by atoms with van der Waals surface area (Å²) in [6.07, 6.45) is 6.39. The third-order valence-electron chi connectivity index (χ3n) is 8.70. The second kappa shape index (κ2) is 11.8. The average molecular weight is 607 g/mol. The Morgan fingerprint density at radius 1 is 1.17 bits per heavy atom. The molecule has 0 bridgehead atoms. The summed E-state index contributed by atoms with van der Waals surface area (Å²) in [5.41, 5.74) is 4.73. The van der Waals surface area contributed by atoms with Crippen molar-refractivity contribution in [1.82, 2.24) is 19.4 Å². The van der Waals surface area contributed by atoms with Gasteiger partial charge < -0.3 is 9.84 Å². The van der Waals surface area contributed by atoms with Crippen molar-refractivity contribution < 1.29 is 14.6 Å². The Balaban J connectivity index is 1.25. The van der Waals surface area contributed by atoms with Crippen LogP contribution in [0.2, 0.25) is 5.02 Å². The Labute approximate surface area is 253 Å². The van der Waals surface area contributed by atoms with Gasteiger partial charge in [-0.25, -0.2) is 9.78 Å². The molecule has 0 unspecified atom stereocenters. The Hall–Kier alpha value is -3.27. The summed E-state index contributed by atoms with van der Waals surface area (Å²) >= 11 is 7.75. The van der Waals surface area contributed by atoms with Crippen molar-refractivity contribution in [1.29, 1.82) is 0 Å². The first-order valence-corrected chi connectivity index (χ1v) is 15.9. The number of rotatable bonds is 7. The van der Waals surface area contributed by atoms with Crippen molar-refractivity contribution in [2.24, 2.45) is 0 Å². The van der Waals surface area contributed by atoms with Crippen LogP contribution in [0.4, 0.5) is 0 Å². The van der Waals surface area contributed by atoms with Crippen LogP contribution in [0.5, 0.6) is 5.75 Å². The van der Waals surface area contributed by atoms with Crippen molar-refractivity contribution in [3.05, 3.63) is 73.4 Å². The maximum atomic E-state index is 13.7. The number of hydrogen-bond donors (Lipinski definition) is 1. The van der Waals surface area contributed by atoms with Crippen molar-refractivity contribution in [2.45, 2.75) is 77.9 Å². The largest absolute Gasteiger partial charge is 0.491 e. The van der Waals surface area contributed by atoms with Crippen LogP contribution in [0, 0.1) is 13.8 Å². The maximum Gasteiger partial charge on any atom is 0.338 e. The molecule has 0 amide bonds. The minimum Gasteiger partial charge on any atom is -0.491 e. The summed E-state index contributed by atoms with van der Waals surface area (Å²) in [7, 11) is 0. The topological polar surface area (TPSA) is 97.6 Å². The van der Waals surface area contributed by atoms with Gasteiger partial charge in [0.05, 0.1) is 28.0 Å². The van der Waals surface area contributed by atoms with E-state index in [2.05, 4.69) is 16.8 Å². The van der Waals surface area contributed by atoms with Crippen molar-refractivity contribution >= 4 is 39.1 Å². The molecule has 1 aromatic carbocycles. The highest BCUT2D eigenvalue weighted by molar-refractivity contribution is 7.18. The SMILES string of the molecule is Cc1cc(-c2cc(Cl)ccc2OCCn2c(C)nc3c(c2=O)C[C@H](N2CCCC[C@H]2C)CC3)c2scc(C(=O)O)c2n1. The van der Waals surface area contributed by atoms with Crippen LogP contribution in [-0.2, 0) is 19.4 Å². The first kappa shape index (κ1) is 28.8. The van der Waals surface area contributed by atoms with Gasteiger partial charge in [0, 0.05) is 44.9 Å². The van der Waals surface area contributed by atoms with Gasteiger partial charge in [0.2, 0.25) is 0 Å². The zero-order valence-corrected chi connectivity index (χ0v) is 25.7. The summed E-state index contributed by atoms with van der Waals surface area (Å²) in [6.45, 7) is 7.78. The molecule has 1 fully saturated rings. The molecule has 3 aromatic heterocycles. The number of nitrogens with zero attached hydrogens (tertiary/aromatic N) is 4. The Morgan fingerprint density at radius 3 is 2.79 bits per heavy atom. The van der Waals surface area contributed by atoms with Gasteiger partial charge in [0.1, 0.15) is 18.2 Å². The zero-order valence-electron chi connectivity index (χ0n) is 24.2. The first-order chi connectivity index (χ1) is 20.2. The number of aromatic nitrogens is 3. The maximum absolute atomic E-state index is 13.7. The van der Waals surface area contributed by atoms with E-state index < -0.39 is 5.97 Å². The summed E-state index contributed by atoms with van der Waals surface area (Å²) in [6, 6.07) is 8.28. The van der Waals surface area contributed by atoms with Crippen LogP contribution in [0.1, 0.15) is 65.7 Å². The smallest absolute Gasteiger partial charge is 0.338 e. The number of aromatic carboxylic acids is 1. The van der Waals surface area contributed by atoms with Gasteiger partial charge in [-0.1, -0.05) is 18.0 Å². The second-order valence-electron chi connectivity index (χ2n) is 11.5. The monoisotopic (exact) mass is 606 g/mol. The lowest BCUT2D eigenvalue weighted by Gasteiger charge is -2.41. The van der Waals surface area contributed by atoms with E-state index in [1.54, 1.807) is 16.0 Å². The fourth-order valence-corrected chi connectivity index (χ4v) is 7.78. The number of piperidine rings is 1. The number of thiophene rings is 1. The number of aryl methyl sites for hydroxylation is 3. The molecule has 8 nitrogen and oxygen atoms in total. The molecule has 2 atom stereocenters. The highest BCUT2D eigenvalue weighted by Gasteiger charge is 2.31. The molecule has 4 heterocycles. The fourth-order valence-electron chi connectivity index (χ4n) is 6.59. The van der Waals surface area contributed by atoms with Crippen LogP contribution in [0.3, 0.4) is 0 Å². The highest BCUT2D eigenvalue weighted by Crippen LogP contribution is 2.40. The fraction of sp³-hybridized carbons (Fsp3) is 0.438. The normalized spacial score (nSPS) is 19.1. The van der Waals surface area contributed by atoms with Gasteiger partial charge in [-0.05, 0) is 83.7 Å². The zero-order chi connectivity index (χ0) is 29.5. The summed E-state index contributed by atoms with van der Waals surface area (Å²) in [4.78, 5) is 37.5. The first-order valence-electron chi connectivity index (χ1n) is 14.6. The molecule has 10 heteroatoms. The quantitative estimate of drug-likeness (QED) is 0.264. The lowest BCUT2D eigenvalue weighted by molar-refractivity contribution is 0.0699. The lowest BCUT2D eigenvalue weighted by atomic mass is 9.88. The molecule has 0 radical (unpaired) electrons. The van der Waals surface area contributed by atoms with Crippen LogP contribution < -0.4 is 10.3 Å². The number of carboxylic acid groups (broad SMARTS) is 1. The van der Waals surface area contributed by atoms with E-state index in [-0.39, 0.29) is 17.7 Å². The Kier molecular flexibility index (Phi) is 8.09. The molecule has 1 N–H and O–H groups in total. The van der Waals surface area contributed by atoms with Gasteiger partial charge in [-0.15, -0.1) is 11.3 Å². The third kappa shape index (κ3) is 5.45. The van der Waals surface area contributed by atoms with Crippen molar-refractivity contribution in [2.75, 3.05) is 13.2 Å². The predicted molar refractivity (Wildman–Crippen MR) is 166 cm³/mol. The molecule has 0 saturated carbocycles. The number of halogens is 1. The highest BCUT2D eigenvalue weighted by atomic mass is 35.5. The lowest BCUT2D eigenvalue weighted by Crippen LogP contribution is -2.48. The van der Waals surface area contributed by atoms with Gasteiger partial charge in [-0.3, -0.25) is 19.2 Å². The van der Waals surface area contributed by atoms with E-state index in [9.17, 15) is 14.7 Å². The number of pyridine rings is 1. The van der Waals surface area contributed by atoms with Gasteiger partial charge in [-0.2, -0.15) is 0 Å². The molecular weight excluding hydrogens is 572 g/mol. The second-order valence-corrected chi connectivity index (χ2v) is 12.8. The van der Waals surface area contributed by atoms with E-state index >= 15 is 0 Å². The minimum atomic E-state index is -1.01. The van der Waals surface area contributed by atoms with E-state index in [4.69, 9.17) is 21.3 Å². The molecule has 1 aliphatic heterocycles. The number of fused-ring (bicyclic) bond motifs is 2. The van der Waals surface area contributed by atoms with Gasteiger partial charge >= 0.3 is 5.97 Å². The van der Waals surface area contributed by atoms with Gasteiger partial charge in [0.15, 0.2) is 0 Å². The number of benzene rings is 1. The van der Waals surface area contributed by atoms with Crippen LogP contribution in [0.15, 0.2) is 34.4 Å². The molecule has 1 aliphatic carbocycles. The molecule has 42 heavy (non-hydrogen) atoms. The average Bonchev–Trinajstić information content (AvgIpc) is 3.39. The third-order valence-corrected chi connectivity index (χ3v) is 9.94. The van der Waals surface area contributed by atoms with Crippen LogP contribution in [-0.4, -0.2) is 55.7 Å². The molecule has 0 spiro atoms. The minimum absolute atomic E-state index is 0.0399. The van der Waals surface area contributed by atoms with E-state index in [1.807, 2.05) is 32.0 Å². The number of likely N-dealkylation sites (tertiary alicyclic amines) is 1.